The van der Waals surface area contributed by atoms with Gasteiger partial charge in [0.2, 0.25) is 0 Å². The Labute approximate surface area is 158 Å². The van der Waals surface area contributed by atoms with E-state index in [4.69, 9.17) is 11.6 Å². The minimum Gasteiger partial charge on any atom is -0.319 e. The predicted molar refractivity (Wildman–Crippen MR) is 96.5 cm³/mol. The van der Waals surface area contributed by atoms with E-state index in [9.17, 15) is 18.0 Å². The quantitative estimate of drug-likeness (QED) is 0.643. The number of hydrogen-bond acceptors (Lipinski definition) is 2. The number of benzene rings is 2. The average Bonchev–Trinajstić information content (AvgIpc) is 2.87. The number of nitrogens with zero attached hydrogens (tertiary/aromatic N) is 2. The molecule has 140 valence electrons. The van der Waals surface area contributed by atoms with Crippen LogP contribution in [0.25, 0.3) is 0 Å². The molecule has 0 radical (unpaired) electrons. The molecule has 1 N–H and O–H groups in total. The molecule has 2 aromatic carbocycles. The van der Waals surface area contributed by atoms with Crippen LogP contribution in [0.2, 0.25) is 5.02 Å². The first-order valence-electron chi connectivity index (χ1n) is 8.01. The summed E-state index contributed by atoms with van der Waals surface area (Å²) in [6.45, 7) is 3.57. The number of hydrogen-bond donors (Lipinski definition) is 1. The van der Waals surface area contributed by atoms with Crippen molar-refractivity contribution in [3.05, 3.63) is 81.4 Å². The normalized spacial score (nSPS) is 10.9. The van der Waals surface area contributed by atoms with E-state index in [0.717, 1.165) is 12.1 Å². The first-order valence-corrected chi connectivity index (χ1v) is 8.39. The molecule has 0 bridgehead atoms. The third-order valence-electron chi connectivity index (χ3n) is 4.15. The Bertz CT molecular complexity index is 1030. The summed E-state index contributed by atoms with van der Waals surface area (Å²) in [4.78, 5) is 12.4. The second-order valence-electron chi connectivity index (χ2n) is 6.00. The van der Waals surface area contributed by atoms with Gasteiger partial charge in [0.15, 0.2) is 11.6 Å². The fourth-order valence-electron chi connectivity index (χ4n) is 2.70. The Morgan fingerprint density at radius 3 is 2.48 bits per heavy atom. The number of aromatic nitrogens is 2. The fourth-order valence-corrected chi connectivity index (χ4v) is 2.93. The summed E-state index contributed by atoms with van der Waals surface area (Å²) < 4.78 is 42.0. The van der Waals surface area contributed by atoms with Crippen molar-refractivity contribution in [3.8, 4) is 0 Å². The number of nitrogens with one attached hydrogen (secondary N) is 1. The fraction of sp³-hybridized carbons (Fsp3) is 0.158. The van der Waals surface area contributed by atoms with Crippen molar-refractivity contribution in [1.82, 2.24) is 9.78 Å². The summed E-state index contributed by atoms with van der Waals surface area (Å²) in [5, 5.41) is 6.72. The maximum absolute atomic E-state index is 13.9. The van der Waals surface area contributed by atoms with Gasteiger partial charge in [0.05, 0.1) is 34.2 Å². The van der Waals surface area contributed by atoms with E-state index in [0.29, 0.717) is 22.6 Å². The van der Waals surface area contributed by atoms with Gasteiger partial charge in [0.25, 0.3) is 5.91 Å². The molecule has 1 amide bonds. The average molecular weight is 394 g/mol. The summed E-state index contributed by atoms with van der Waals surface area (Å²) in [6, 6.07) is 7.80. The van der Waals surface area contributed by atoms with E-state index in [2.05, 4.69) is 10.4 Å². The minimum absolute atomic E-state index is 0.182. The van der Waals surface area contributed by atoms with Crippen molar-refractivity contribution in [2.45, 2.75) is 20.4 Å². The van der Waals surface area contributed by atoms with Crippen molar-refractivity contribution in [2.24, 2.45) is 0 Å². The molecular weight excluding hydrogens is 379 g/mol. The smallest absolute Gasteiger partial charge is 0.257 e. The third kappa shape index (κ3) is 3.83. The Hall–Kier alpha value is -2.80. The molecule has 0 unspecified atom stereocenters. The number of amides is 1. The number of carbonyl (C=O) groups is 1. The zero-order valence-corrected chi connectivity index (χ0v) is 15.2. The van der Waals surface area contributed by atoms with Crippen molar-refractivity contribution < 1.29 is 18.0 Å². The van der Waals surface area contributed by atoms with Crippen molar-refractivity contribution in [3.63, 3.8) is 0 Å². The molecule has 1 heterocycles. The molecule has 0 saturated carbocycles. The molecule has 27 heavy (non-hydrogen) atoms. The van der Waals surface area contributed by atoms with Crippen LogP contribution in [0, 0.1) is 31.3 Å². The first-order chi connectivity index (χ1) is 12.8. The largest absolute Gasteiger partial charge is 0.319 e. The number of rotatable bonds is 4. The van der Waals surface area contributed by atoms with Crippen LogP contribution in [0.3, 0.4) is 0 Å². The Morgan fingerprint density at radius 1 is 1.11 bits per heavy atom. The summed E-state index contributed by atoms with van der Waals surface area (Å²) in [5.41, 5.74) is 1.73. The Morgan fingerprint density at radius 2 is 1.78 bits per heavy atom. The van der Waals surface area contributed by atoms with Gasteiger partial charge in [-0.15, -0.1) is 0 Å². The molecule has 0 aliphatic carbocycles. The van der Waals surface area contributed by atoms with Crippen LogP contribution in [-0.2, 0) is 6.54 Å². The third-order valence-corrected chi connectivity index (χ3v) is 4.47. The van der Waals surface area contributed by atoms with Gasteiger partial charge in [-0.25, -0.2) is 13.2 Å². The highest BCUT2D eigenvalue weighted by Crippen LogP contribution is 2.25. The van der Waals surface area contributed by atoms with Gasteiger partial charge < -0.3 is 5.32 Å². The van der Waals surface area contributed by atoms with Crippen LogP contribution in [0.5, 0.6) is 0 Å². The van der Waals surface area contributed by atoms with Gasteiger partial charge in [-0.05, 0) is 32.0 Å². The molecule has 0 atom stereocenters. The van der Waals surface area contributed by atoms with Crippen LogP contribution in [0.4, 0.5) is 18.9 Å². The lowest BCUT2D eigenvalue weighted by molar-refractivity contribution is 0.102. The second kappa shape index (κ2) is 7.44. The summed E-state index contributed by atoms with van der Waals surface area (Å²) in [7, 11) is 0. The number of anilines is 1. The highest BCUT2D eigenvalue weighted by Gasteiger charge is 2.19. The lowest BCUT2D eigenvalue weighted by atomic mass is 10.2. The lowest BCUT2D eigenvalue weighted by Gasteiger charge is -2.09. The molecule has 0 aliphatic rings. The summed E-state index contributed by atoms with van der Waals surface area (Å²) in [5.74, 6) is -3.37. The molecule has 0 fully saturated rings. The van der Waals surface area contributed by atoms with E-state index in [1.54, 1.807) is 36.7 Å². The van der Waals surface area contributed by atoms with Crippen LogP contribution >= 0.6 is 11.6 Å². The number of carbonyl (C=O) groups excluding carboxylic acids is 1. The molecule has 1 aromatic heterocycles. The van der Waals surface area contributed by atoms with E-state index < -0.39 is 17.5 Å². The molecule has 3 rings (SSSR count). The number of halogens is 4. The van der Waals surface area contributed by atoms with Gasteiger partial charge in [-0.3, -0.25) is 9.48 Å². The molecular formula is C19H15ClF3N3O. The highest BCUT2D eigenvalue weighted by molar-refractivity contribution is 6.34. The van der Waals surface area contributed by atoms with Crippen LogP contribution in [0.1, 0.15) is 27.3 Å². The summed E-state index contributed by atoms with van der Waals surface area (Å²) in [6.07, 6.45) is 0. The van der Waals surface area contributed by atoms with E-state index in [-0.39, 0.29) is 22.9 Å². The van der Waals surface area contributed by atoms with E-state index in [1.807, 2.05) is 0 Å². The first kappa shape index (κ1) is 19.0. The molecule has 3 aromatic rings. The molecule has 0 spiro atoms. The molecule has 8 heteroatoms. The van der Waals surface area contributed by atoms with Crippen molar-refractivity contribution in [2.75, 3.05) is 5.32 Å². The molecule has 0 aliphatic heterocycles. The van der Waals surface area contributed by atoms with Gasteiger partial charge >= 0.3 is 0 Å². The van der Waals surface area contributed by atoms with E-state index >= 15 is 0 Å². The molecule has 4 nitrogen and oxygen atoms in total. The Kier molecular flexibility index (Phi) is 5.23. The highest BCUT2D eigenvalue weighted by atomic mass is 35.5. The topological polar surface area (TPSA) is 46.9 Å². The lowest BCUT2D eigenvalue weighted by Crippen LogP contribution is -2.14. The monoisotopic (exact) mass is 393 g/mol. The van der Waals surface area contributed by atoms with E-state index in [1.165, 1.54) is 6.07 Å². The number of aryl methyl sites for hydroxylation is 1. The zero-order chi connectivity index (χ0) is 19.7. The standard InChI is InChI=1S/C19H15ClF3N3O/c1-10-18(24-19(27)13-7-16(22)17(23)8-14(13)20)11(2)26(25-10)9-12-5-3-4-6-15(12)21/h3-8H,9H2,1-2H3,(H,24,27). The maximum atomic E-state index is 13.9. The van der Waals surface area contributed by atoms with Gasteiger partial charge in [-0.1, -0.05) is 29.8 Å². The van der Waals surface area contributed by atoms with Gasteiger partial charge in [0, 0.05) is 5.56 Å². The van der Waals surface area contributed by atoms with Crippen molar-refractivity contribution in [1.29, 1.82) is 0 Å². The minimum atomic E-state index is -1.17. The van der Waals surface area contributed by atoms with Crippen LogP contribution < -0.4 is 5.32 Å². The van der Waals surface area contributed by atoms with Crippen LogP contribution in [0.15, 0.2) is 36.4 Å². The zero-order valence-electron chi connectivity index (χ0n) is 14.5. The second-order valence-corrected chi connectivity index (χ2v) is 6.40. The molecule has 0 saturated heterocycles. The maximum Gasteiger partial charge on any atom is 0.257 e. The Balaban J connectivity index is 1.88. The van der Waals surface area contributed by atoms with Crippen molar-refractivity contribution >= 4 is 23.2 Å². The van der Waals surface area contributed by atoms with Gasteiger partial charge in [0.1, 0.15) is 5.82 Å². The van der Waals surface area contributed by atoms with Crippen LogP contribution in [-0.4, -0.2) is 15.7 Å². The SMILES string of the molecule is Cc1nn(Cc2ccccc2F)c(C)c1NC(=O)c1cc(F)c(F)cc1Cl. The van der Waals surface area contributed by atoms with Gasteiger partial charge in [-0.2, -0.15) is 5.10 Å². The predicted octanol–water partition coefficient (Wildman–Crippen LogP) is 4.87. The summed E-state index contributed by atoms with van der Waals surface area (Å²) >= 11 is 5.84.